The molecule has 25 heavy (non-hydrogen) atoms. The van der Waals surface area contributed by atoms with Crippen LogP contribution in [-0.4, -0.2) is 41.7 Å². The summed E-state index contributed by atoms with van der Waals surface area (Å²) in [5.41, 5.74) is 2.70. The number of ketones is 1. The van der Waals surface area contributed by atoms with Gasteiger partial charge >= 0.3 is 5.97 Å². The van der Waals surface area contributed by atoms with Crippen LogP contribution >= 0.6 is 0 Å². The lowest BCUT2D eigenvalue weighted by Crippen LogP contribution is -2.15. The van der Waals surface area contributed by atoms with Crippen LogP contribution in [0.3, 0.4) is 0 Å². The molecular formula is C19H23NO5. The molecule has 0 unspecified atom stereocenters. The zero-order valence-electron chi connectivity index (χ0n) is 14.7. The number of ether oxygens (including phenoxy) is 2. The average molecular weight is 345 g/mol. The Hall–Kier alpha value is -2.60. The van der Waals surface area contributed by atoms with Crippen LogP contribution in [0.4, 0.5) is 0 Å². The number of Topliss-reactive ketones (excluding diaryl/α,β-unsaturated/α-hetero) is 1. The van der Waals surface area contributed by atoms with Crippen molar-refractivity contribution < 1.29 is 24.2 Å². The standard InChI is InChI=1S/C19H23NO5/c1-13-11-17(14(2)20(13)9-4-10-24-3)18(22)12-25-19(23)15-5-7-16(21)8-6-15/h5-8,11,21H,4,9-10,12H2,1-3H3. The SMILES string of the molecule is COCCCn1c(C)cc(C(=O)COC(=O)c2ccc(O)cc2)c1C. The summed E-state index contributed by atoms with van der Waals surface area (Å²) >= 11 is 0. The van der Waals surface area contributed by atoms with Crippen LogP contribution in [0, 0.1) is 13.8 Å². The third-order valence-corrected chi connectivity index (χ3v) is 4.04. The minimum absolute atomic E-state index is 0.0635. The van der Waals surface area contributed by atoms with Crippen molar-refractivity contribution in [3.63, 3.8) is 0 Å². The number of benzene rings is 1. The molecular weight excluding hydrogens is 322 g/mol. The van der Waals surface area contributed by atoms with Gasteiger partial charge < -0.3 is 19.1 Å². The van der Waals surface area contributed by atoms with E-state index in [0.717, 1.165) is 24.4 Å². The zero-order chi connectivity index (χ0) is 18.4. The lowest BCUT2D eigenvalue weighted by Gasteiger charge is -2.09. The molecule has 0 spiro atoms. The maximum atomic E-state index is 12.4. The van der Waals surface area contributed by atoms with Gasteiger partial charge in [-0.25, -0.2) is 4.79 Å². The molecule has 0 saturated heterocycles. The van der Waals surface area contributed by atoms with Gasteiger partial charge in [0.1, 0.15) is 5.75 Å². The maximum Gasteiger partial charge on any atom is 0.338 e. The number of phenolic OH excluding ortho intramolecular Hbond substituents is 1. The number of methoxy groups -OCH3 is 1. The van der Waals surface area contributed by atoms with E-state index in [9.17, 15) is 14.7 Å². The van der Waals surface area contributed by atoms with Gasteiger partial charge in [-0.1, -0.05) is 0 Å². The number of carbonyl (C=O) groups excluding carboxylic acids is 2. The molecule has 2 rings (SSSR count). The van der Waals surface area contributed by atoms with Crippen molar-refractivity contribution in [3.8, 4) is 5.75 Å². The number of aryl methyl sites for hydroxylation is 1. The number of rotatable bonds is 8. The summed E-state index contributed by atoms with van der Waals surface area (Å²) in [5, 5.41) is 9.23. The molecule has 0 saturated carbocycles. The van der Waals surface area contributed by atoms with Crippen molar-refractivity contribution >= 4 is 11.8 Å². The van der Waals surface area contributed by atoms with Crippen LogP contribution in [-0.2, 0) is 16.0 Å². The van der Waals surface area contributed by atoms with E-state index in [1.165, 1.54) is 24.3 Å². The van der Waals surface area contributed by atoms with E-state index in [1.54, 1.807) is 7.11 Å². The number of esters is 1. The third kappa shape index (κ3) is 4.70. The molecule has 134 valence electrons. The highest BCUT2D eigenvalue weighted by atomic mass is 16.5. The van der Waals surface area contributed by atoms with Gasteiger partial charge in [-0.3, -0.25) is 4.79 Å². The summed E-state index contributed by atoms with van der Waals surface area (Å²) in [7, 11) is 1.66. The van der Waals surface area contributed by atoms with E-state index < -0.39 is 5.97 Å². The fourth-order valence-electron chi connectivity index (χ4n) is 2.68. The first-order chi connectivity index (χ1) is 11.9. The molecule has 0 aliphatic heterocycles. The van der Waals surface area contributed by atoms with E-state index in [4.69, 9.17) is 9.47 Å². The molecule has 0 bridgehead atoms. The van der Waals surface area contributed by atoms with Crippen LogP contribution in [0.2, 0.25) is 0 Å². The first kappa shape index (κ1) is 18.7. The molecule has 1 N–H and O–H groups in total. The second kappa shape index (κ2) is 8.48. The number of phenols is 1. The number of aromatic nitrogens is 1. The Labute approximate surface area is 147 Å². The monoisotopic (exact) mass is 345 g/mol. The molecule has 2 aromatic rings. The molecule has 1 aromatic carbocycles. The zero-order valence-corrected chi connectivity index (χ0v) is 14.7. The van der Waals surface area contributed by atoms with Crippen LogP contribution in [0.1, 0.15) is 38.5 Å². The molecule has 0 atom stereocenters. The van der Waals surface area contributed by atoms with Crippen molar-refractivity contribution in [2.24, 2.45) is 0 Å². The van der Waals surface area contributed by atoms with Gasteiger partial charge in [0.15, 0.2) is 6.61 Å². The number of hydrogen-bond acceptors (Lipinski definition) is 5. The Balaban J connectivity index is 1.99. The number of carbonyl (C=O) groups is 2. The highest BCUT2D eigenvalue weighted by Crippen LogP contribution is 2.17. The predicted octanol–water partition coefficient (Wildman–Crippen LogP) is 2.89. The van der Waals surface area contributed by atoms with Crippen molar-refractivity contribution in [3.05, 3.63) is 52.8 Å². The predicted molar refractivity (Wildman–Crippen MR) is 93.1 cm³/mol. The Kier molecular flexibility index (Phi) is 6.36. The van der Waals surface area contributed by atoms with Crippen molar-refractivity contribution in [2.45, 2.75) is 26.8 Å². The molecule has 1 aromatic heterocycles. The van der Waals surface area contributed by atoms with Crippen LogP contribution < -0.4 is 0 Å². The average Bonchev–Trinajstić information content (AvgIpc) is 2.88. The topological polar surface area (TPSA) is 77.8 Å². The summed E-state index contributed by atoms with van der Waals surface area (Å²) in [4.78, 5) is 24.3. The molecule has 0 amide bonds. The molecule has 1 heterocycles. The van der Waals surface area contributed by atoms with Gasteiger partial charge in [-0.05, 0) is 50.6 Å². The minimum atomic E-state index is -0.595. The summed E-state index contributed by atoms with van der Waals surface area (Å²) in [6, 6.07) is 7.50. The van der Waals surface area contributed by atoms with Crippen LogP contribution in [0.15, 0.2) is 30.3 Å². The van der Waals surface area contributed by atoms with Gasteiger partial charge in [0.05, 0.1) is 5.56 Å². The normalized spacial score (nSPS) is 10.7. The van der Waals surface area contributed by atoms with E-state index in [1.807, 2.05) is 19.9 Å². The summed E-state index contributed by atoms with van der Waals surface area (Å²) in [6.07, 6.45) is 0.857. The summed E-state index contributed by atoms with van der Waals surface area (Å²) in [5.74, 6) is -0.769. The second-order valence-corrected chi connectivity index (χ2v) is 5.83. The van der Waals surface area contributed by atoms with Gasteiger partial charge in [0.25, 0.3) is 0 Å². The van der Waals surface area contributed by atoms with Crippen molar-refractivity contribution in [2.75, 3.05) is 20.3 Å². The lowest BCUT2D eigenvalue weighted by molar-refractivity contribution is 0.0474. The van der Waals surface area contributed by atoms with E-state index in [2.05, 4.69) is 4.57 Å². The van der Waals surface area contributed by atoms with Crippen molar-refractivity contribution in [1.29, 1.82) is 0 Å². The first-order valence-corrected chi connectivity index (χ1v) is 8.09. The van der Waals surface area contributed by atoms with Gasteiger partial charge in [-0.15, -0.1) is 0 Å². The van der Waals surface area contributed by atoms with E-state index in [-0.39, 0.29) is 23.7 Å². The quantitative estimate of drug-likeness (QED) is 0.452. The Morgan fingerprint density at radius 3 is 2.48 bits per heavy atom. The van der Waals surface area contributed by atoms with Crippen molar-refractivity contribution in [1.82, 2.24) is 4.57 Å². The Morgan fingerprint density at radius 2 is 1.84 bits per heavy atom. The number of aromatic hydroxyl groups is 1. The Morgan fingerprint density at radius 1 is 1.16 bits per heavy atom. The first-order valence-electron chi connectivity index (χ1n) is 8.09. The summed E-state index contributed by atoms with van der Waals surface area (Å²) < 4.78 is 12.2. The molecule has 0 fully saturated rings. The second-order valence-electron chi connectivity index (χ2n) is 5.83. The maximum absolute atomic E-state index is 12.4. The molecule has 0 radical (unpaired) electrons. The smallest absolute Gasteiger partial charge is 0.338 e. The molecule has 6 nitrogen and oxygen atoms in total. The fourth-order valence-corrected chi connectivity index (χ4v) is 2.68. The van der Waals surface area contributed by atoms with Gasteiger partial charge in [0.2, 0.25) is 5.78 Å². The minimum Gasteiger partial charge on any atom is -0.508 e. The molecule has 0 aliphatic rings. The largest absolute Gasteiger partial charge is 0.508 e. The molecule has 6 heteroatoms. The van der Waals surface area contributed by atoms with E-state index >= 15 is 0 Å². The van der Waals surface area contributed by atoms with Crippen LogP contribution in [0.5, 0.6) is 5.75 Å². The van der Waals surface area contributed by atoms with E-state index in [0.29, 0.717) is 12.2 Å². The fraction of sp³-hybridized carbons (Fsp3) is 0.368. The molecule has 0 aliphatic carbocycles. The number of nitrogens with zero attached hydrogens (tertiary/aromatic N) is 1. The third-order valence-electron chi connectivity index (χ3n) is 4.04. The number of hydrogen-bond donors (Lipinski definition) is 1. The highest BCUT2D eigenvalue weighted by Gasteiger charge is 2.17. The van der Waals surface area contributed by atoms with Gasteiger partial charge in [-0.2, -0.15) is 0 Å². The lowest BCUT2D eigenvalue weighted by atomic mass is 10.1. The summed E-state index contributed by atoms with van der Waals surface area (Å²) in [6.45, 7) is 4.94. The van der Waals surface area contributed by atoms with Gasteiger partial charge in [0, 0.05) is 37.2 Å². The Bertz CT molecular complexity index is 746. The van der Waals surface area contributed by atoms with Crippen LogP contribution in [0.25, 0.3) is 0 Å². The highest BCUT2D eigenvalue weighted by molar-refractivity contribution is 6.00.